The van der Waals surface area contributed by atoms with Crippen LogP contribution in [0.4, 0.5) is 4.39 Å². The summed E-state index contributed by atoms with van der Waals surface area (Å²) in [6.45, 7) is 1.04. The second-order valence-corrected chi connectivity index (χ2v) is 4.90. The molecule has 0 aliphatic carbocycles. The zero-order valence-corrected chi connectivity index (χ0v) is 11.7. The maximum Gasteiger partial charge on any atom is 0.255 e. The number of rotatable bonds is 2. The number of furan rings is 1. The highest BCUT2D eigenvalue weighted by Gasteiger charge is 2.29. The quantitative estimate of drug-likeness (QED) is 0.854. The monoisotopic (exact) mass is 300 g/mol. The number of amides is 1. The van der Waals surface area contributed by atoms with Gasteiger partial charge in [-0.25, -0.2) is 4.39 Å². The molecule has 0 saturated carbocycles. The van der Waals surface area contributed by atoms with Crippen LogP contribution >= 0.6 is 0 Å². The van der Waals surface area contributed by atoms with E-state index in [1.165, 1.54) is 18.2 Å². The van der Waals surface area contributed by atoms with Gasteiger partial charge in [0.05, 0.1) is 25.0 Å². The normalized spacial score (nSPS) is 18.0. The predicted molar refractivity (Wildman–Crippen MR) is 74.4 cm³/mol. The van der Waals surface area contributed by atoms with Crippen molar-refractivity contribution in [3.05, 3.63) is 59.3 Å². The number of nitrogens with zero attached hydrogens (tertiary/aromatic N) is 2. The summed E-state index contributed by atoms with van der Waals surface area (Å²) in [5.41, 5.74) is -0.156. The second-order valence-electron chi connectivity index (χ2n) is 4.90. The van der Waals surface area contributed by atoms with E-state index >= 15 is 0 Å². The summed E-state index contributed by atoms with van der Waals surface area (Å²) >= 11 is 0. The van der Waals surface area contributed by atoms with E-state index in [2.05, 4.69) is 0 Å². The van der Waals surface area contributed by atoms with Crippen LogP contribution in [0.25, 0.3) is 0 Å². The maximum atomic E-state index is 13.6. The van der Waals surface area contributed by atoms with Gasteiger partial charge in [0.25, 0.3) is 5.91 Å². The summed E-state index contributed by atoms with van der Waals surface area (Å²) < 4.78 is 24.5. The highest BCUT2D eigenvalue weighted by molar-refractivity contribution is 5.96. The first-order chi connectivity index (χ1) is 10.7. The molecule has 22 heavy (non-hydrogen) atoms. The number of halogens is 1. The summed E-state index contributed by atoms with van der Waals surface area (Å²) in [6, 6.07) is 9.33. The number of ether oxygens (including phenoxy) is 1. The highest BCUT2D eigenvalue weighted by Crippen LogP contribution is 2.24. The van der Waals surface area contributed by atoms with Gasteiger partial charge in [-0.3, -0.25) is 4.79 Å². The van der Waals surface area contributed by atoms with Crippen molar-refractivity contribution in [2.45, 2.75) is 6.10 Å². The Morgan fingerprint density at radius 1 is 1.36 bits per heavy atom. The third-order valence-electron chi connectivity index (χ3n) is 3.57. The molecule has 1 amide bonds. The lowest BCUT2D eigenvalue weighted by atomic mass is 10.1. The topological polar surface area (TPSA) is 66.5 Å². The summed E-state index contributed by atoms with van der Waals surface area (Å²) in [5.74, 6) is -0.433. The summed E-state index contributed by atoms with van der Waals surface area (Å²) in [7, 11) is 0. The molecular weight excluding hydrogens is 287 g/mol. The minimum atomic E-state index is -0.691. The van der Waals surface area contributed by atoms with Crippen molar-refractivity contribution >= 4 is 5.91 Å². The molecule has 2 heterocycles. The Morgan fingerprint density at radius 2 is 2.23 bits per heavy atom. The first-order valence-corrected chi connectivity index (χ1v) is 6.83. The van der Waals surface area contributed by atoms with Crippen LogP contribution in [0.3, 0.4) is 0 Å². The van der Waals surface area contributed by atoms with Crippen molar-refractivity contribution in [2.75, 3.05) is 19.7 Å². The Kier molecular flexibility index (Phi) is 3.90. The van der Waals surface area contributed by atoms with E-state index in [0.717, 1.165) is 0 Å². The van der Waals surface area contributed by atoms with Crippen molar-refractivity contribution < 1.29 is 18.3 Å². The van der Waals surface area contributed by atoms with Gasteiger partial charge in [0.15, 0.2) is 0 Å². The molecule has 1 atom stereocenters. The average molecular weight is 300 g/mol. The van der Waals surface area contributed by atoms with Gasteiger partial charge in [0, 0.05) is 6.54 Å². The minimum absolute atomic E-state index is 0.0718. The average Bonchev–Trinajstić information content (AvgIpc) is 3.08. The maximum absolute atomic E-state index is 13.6. The Bertz CT molecular complexity index is 721. The molecule has 1 aromatic heterocycles. The number of hydrogen-bond acceptors (Lipinski definition) is 4. The van der Waals surface area contributed by atoms with E-state index < -0.39 is 5.82 Å². The summed E-state index contributed by atoms with van der Waals surface area (Å²) in [4.78, 5) is 14.1. The van der Waals surface area contributed by atoms with Crippen LogP contribution in [0.15, 0.2) is 41.0 Å². The molecule has 1 aliphatic heterocycles. The Morgan fingerprint density at radius 3 is 2.95 bits per heavy atom. The molecule has 0 N–H and O–H groups in total. The number of morpholine rings is 1. The van der Waals surface area contributed by atoms with Crippen LogP contribution < -0.4 is 0 Å². The largest absolute Gasteiger partial charge is 0.467 e. The fourth-order valence-electron chi connectivity index (χ4n) is 2.47. The van der Waals surface area contributed by atoms with E-state index in [4.69, 9.17) is 14.4 Å². The molecule has 6 heteroatoms. The third-order valence-corrected chi connectivity index (χ3v) is 3.57. The molecule has 0 bridgehead atoms. The summed E-state index contributed by atoms with van der Waals surface area (Å²) in [6.07, 6.45) is 1.19. The van der Waals surface area contributed by atoms with Gasteiger partial charge in [-0.05, 0) is 24.3 Å². The first kappa shape index (κ1) is 14.3. The van der Waals surface area contributed by atoms with E-state index in [0.29, 0.717) is 25.5 Å². The molecule has 112 valence electrons. The minimum Gasteiger partial charge on any atom is -0.467 e. The van der Waals surface area contributed by atoms with E-state index in [1.807, 2.05) is 0 Å². The van der Waals surface area contributed by atoms with E-state index in [1.54, 1.807) is 29.4 Å². The molecule has 5 nitrogen and oxygen atoms in total. The number of carbonyl (C=O) groups excluding carboxylic acids is 1. The Labute approximate surface area is 126 Å². The van der Waals surface area contributed by atoms with Gasteiger partial charge < -0.3 is 14.1 Å². The van der Waals surface area contributed by atoms with Crippen LogP contribution in [0.1, 0.15) is 27.8 Å². The molecule has 3 rings (SSSR count). The number of hydrogen-bond donors (Lipinski definition) is 0. The lowest BCUT2D eigenvalue weighted by Crippen LogP contribution is -2.42. The molecule has 2 aromatic rings. The smallest absolute Gasteiger partial charge is 0.255 e. The zero-order chi connectivity index (χ0) is 15.5. The molecule has 0 spiro atoms. The summed E-state index contributed by atoms with van der Waals surface area (Å²) in [5, 5.41) is 9.05. The van der Waals surface area contributed by atoms with Gasteiger partial charge in [0.2, 0.25) is 0 Å². The molecular formula is C16H13FN2O3. The highest BCUT2D eigenvalue weighted by atomic mass is 19.1. The number of nitriles is 1. The van der Waals surface area contributed by atoms with Crippen LogP contribution in [0.5, 0.6) is 0 Å². The van der Waals surface area contributed by atoms with Gasteiger partial charge in [-0.1, -0.05) is 6.07 Å². The van der Waals surface area contributed by atoms with E-state index in [9.17, 15) is 9.18 Å². The van der Waals surface area contributed by atoms with Gasteiger partial charge in [-0.15, -0.1) is 0 Å². The Balaban J connectivity index is 1.84. The zero-order valence-electron chi connectivity index (χ0n) is 11.7. The van der Waals surface area contributed by atoms with Crippen molar-refractivity contribution in [3.63, 3.8) is 0 Å². The molecule has 1 aromatic carbocycles. The molecule has 1 aliphatic rings. The van der Waals surface area contributed by atoms with Gasteiger partial charge >= 0.3 is 0 Å². The van der Waals surface area contributed by atoms with Crippen molar-refractivity contribution in [1.29, 1.82) is 5.26 Å². The second kappa shape index (κ2) is 6.00. The molecule has 1 unspecified atom stereocenters. The first-order valence-electron chi connectivity index (χ1n) is 6.83. The van der Waals surface area contributed by atoms with Crippen LogP contribution in [0.2, 0.25) is 0 Å². The van der Waals surface area contributed by atoms with E-state index in [-0.39, 0.29) is 23.1 Å². The Hall–Kier alpha value is -2.65. The number of carbonyl (C=O) groups is 1. The van der Waals surface area contributed by atoms with Crippen molar-refractivity contribution in [3.8, 4) is 6.07 Å². The molecule has 1 saturated heterocycles. The van der Waals surface area contributed by atoms with Crippen molar-refractivity contribution in [2.24, 2.45) is 0 Å². The van der Waals surface area contributed by atoms with Gasteiger partial charge in [0.1, 0.15) is 29.3 Å². The van der Waals surface area contributed by atoms with Gasteiger partial charge in [-0.2, -0.15) is 5.26 Å². The van der Waals surface area contributed by atoms with Crippen LogP contribution in [-0.4, -0.2) is 30.5 Å². The fourth-order valence-corrected chi connectivity index (χ4v) is 2.47. The predicted octanol–water partition coefficient (Wildman–Crippen LogP) is 2.50. The van der Waals surface area contributed by atoms with Crippen LogP contribution in [-0.2, 0) is 4.74 Å². The standard InChI is InChI=1S/C16H13FN2O3/c17-13-4-1-3-11(12(13)9-18)16(20)19-6-8-22-15(10-19)14-5-2-7-21-14/h1-5,7,15H,6,8,10H2. The van der Waals surface area contributed by atoms with Crippen LogP contribution in [0, 0.1) is 17.1 Å². The number of benzene rings is 1. The fraction of sp³-hybridized carbons (Fsp3) is 0.250. The van der Waals surface area contributed by atoms with Crippen molar-refractivity contribution in [1.82, 2.24) is 4.90 Å². The lowest BCUT2D eigenvalue weighted by Gasteiger charge is -2.32. The lowest BCUT2D eigenvalue weighted by molar-refractivity contribution is -0.0321. The SMILES string of the molecule is N#Cc1c(F)cccc1C(=O)N1CCOC(c2ccco2)C1. The molecule has 1 fully saturated rings. The third kappa shape index (κ3) is 2.59. The molecule has 0 radical (unpaired) electrons.